The first-order valence-corrected chi connectivity index (χ1v) is 13.4. The van der Waals surface area contributed by atoms with Gasteiger partial charge in [0, 0.05) is 0 Å². The number of unbranched alkanes of at least 4 members (excludes halogenated alkanes) is 3. The van der Waals surface area contributed by atoms with E-state index in [2.05, 4.69) is 64.1 Å². The molecular weight excluding hydrogens is 388 g/mol. The lowest BCUT2D eigenvalue weighted by molar-refractivity contribution is 0.249. The second-order valence-corrected chi connectivity index (χ2v) is 10.2. The van der Waals surface area contributed by atoms with Crippen LogP contribution in [0.5, 0.6) is 5.75 Å². The lowest BCUT2D eigenvalue weighted by Gasteiger charge is -2.28. The van der Waals surface area contributed by atoms with Crippen LogP contribution in [0, 0.1) is 25.7 Å². The number of benzene rings is 2. The lowest BCUT2D eigenvalue weighted by Crippen LogP contribution is -2.15. The Morgan fingerprint density at radius 2 is 1.34 bits per heavy atom. The zero-order valence-electron chi connectivity index (χ0n) is 21.2. The fraction of sp³-hybridized carbons (Fsp3) is 0.613. The van der Waals surface area contributed by atoms with Crippen molar-refractivity contribution in [2.45, 2.75) is 105 Å². The van der Waals surface area contributed by atoms with E-state index < -0.39 is 0 Å². The van der Waals surface area contributed by atoms with Crippen molar-refractivity contribution in [2.24, 2.45) is 11.8 Å². The zero-order chi connectivity index (χ0) is 22.8. The van der Waals surface area contributed by atoms with E-state index in [1.807, 2.05) is 0 Å². The van der Waals surface area contributed by atoms with Crippen LogP contribution in [-0.2, 0) is 6.42 Å². The summed E-state index contributed by atoms with van der Waals surface area (Å²) in [6.45, 7) is 9.77. The van der Waals surface area contributed by atoms with Crippen LogP contribution in [0.15, 0.2) is 36.4 Å². The predicted octanol–water partition coefficient (Wildman–Crippen LogP) is 9.47. The highest BCUT2D eigenvalue weighted by atomic mass is 16.5. The SMILES string of the molecule is CCCCCC1CCC(CCc2ccc(-c3ccc(OCCCC)c(C)c3)cc2C)CC1. The van der Waals surface area contributed by atoms with E-state index in [1.165, 1.54) is 98.4 Å². The van der Waals surface area contributed by atoms with Crippen LogP contribution in [-0.4, -0.2) is 6.61 Å². The average molecular weight is 435 g/mol. The van der Waals surface area contributed by atoms with Crippen molar-refractivity contribution in [1.29, 1.82) is 0 Å². The van der Waals surface area contributed by atoms with E-state index in [1.54, 1.807) is 0 Å². The maximum Gasteiger partial charge on any atom is 0.122 e. The van der Waals surface area contributed by atoms with Gasteiger partial charge < -0.3 is 4.74 Å². The Labute approximate surface area is 198 Å². The summed E-state index contributed by atoms with van der Waals surface area (Å²) in [5, 5.41) is 0. The maximum absolute atomic E-state index is 5.93. The van der Waals surface area contributed by atoms with Gasteiger partial charge in [-0.25, -0.2) is 0 Å². The molecule has 0 heterocycles. The molecule has 0 radical (unpaired) electrons. The molecule has 176 valence electrons. The summed E-state index contributed by atoms with van der Waals surface area (Å²) in [6.07, 6.45) is 16.5. The number of hydrogen-bond donors (Lipinski definition) is 0. The standard InChI is InChI=1S/C31H46O/c1-5-7-9-10-26-11-13-27(14-12-26)15-16-28-17-18-29(22-24(28)3)30-19-20-31(25(4)23-30)32-21-8-6-2/h17-20,22-23,26-27H,5-16,21H2,1-4H3. The molecule has 32 heavy (non-hydrogen) atoms. The summed E-state index contributed by atoms with van der Waals surface area (Å²) < 4.78 is 5.93. The summed E-state index contributed by atoms with van der Waals surface area (Å²) in [5.74, 6) is 2.99. The monoisotopic (exact) mass is 434 g/mol. The third-order valence-corrected chi connectivity index (χ3v) is 7.61. The summed E-state index contributed by atoms with van der Waals surface area (Å²) in [4.78, 5) is 0. The first kappa shape index (κ1) is 24.9. The van der Waals surface area contributed by atoms with Gasteiger partial charge in [0.25, 0.3) is 0 Å². The van der Waals surface area contributed by atoms with Crippen LogP contribution in [0.25, 0.3) is 11.1 Å². The van der Waals surface area contributed by atoms with Crippen LogP contribution < -0.4 is 4.74 Å². The molecule has 2 aromatic carbocycles. The molecule has 0 spiro atoms. The van der Waals surface area contributed by atoms with Crippen molar-refractivity contribution >= 4 is 0 Å². The van der Waals surface area contributed by atoms with Crippen LogP contribution in [0.4, 0.5) is 0 Å². The molecule has 0 aliphatic heterocycles. The topological polar surface area (TPSA) is 9.23 Å². The molecule has 0 saturated heterocycles. The van der Waals surface area contributed by atoms with Gasteiger partial charge in [-0.1, -0.05) is 95.9 Å². The van der Waals surface area contributed by atoms with E-state index in [0.29, 0.717) is 0 Å². The van der Waals surface area contributed by atoms with E-state index >= 15 is 0 Å². The van der Waals surface area contributed by atoms with Crippen LogP contribution in [0.3, 0.4) is 0 Å². The molecular formula is C31H46O. The minimum atomic E-state index is 0.811. The minimum Gasteiger partial charge on any atom is -0.493 e. The molecule has 1 heteroatoms. The van der Waals surface area contributed by atoms with Crippen LogP contribution in [0.1, 0.15) is 101 Å². The fourth-order valence-electron chi connectivity index (χ4n) is 5.32. The summed E-state index contributed by atoms with van der Waals surface area (Å²) in [7, 11) is 0. The highest BCUT2D eigenvalue weighted by Gasteiger charge is 2.20. The quantitative estimate of drug-likeness (QED) is 0.302. The molecule has 0 N–H and O–H groups in total. The highest BCUT2D eigenvalue weighted by molar-refractivity contribution is 5.67. The Bertz CT molecular complexity index is 813. The molecule has 1 saturated carbocycles. The minimum absolute atomic E-state index is 0.811. The van der Waals surface area contributed by atoms with Gasteiger partial charge in [-0.15, -0.1) is 0 Å². The third-order valence-electron chi connectivity index (χ3n) is 7.61. The van der Waals surface area contributed by atoms with Crippen molar-refractivity contribution in [2.75, 3.05) is 6.61 Å². The molecule has 1 nitrogen and oxygen atoms in total. The van der Waals surface area contributed by atoms with Gasteiger partial charge in [-0.05, 0) is 84.9 Å². The lowest BCUT2D eigenvalue weighted by atomic mass is 9.77. The Kier molecular flexibility index (Phi) is 10.2. The molecule has 0 amide bonds. The van der Waals surface area contributed by atoms with Crippen molar-refractivity contribution in [1.82, 2.24) is 0 Å². The van der Waals surface area contributed by atoms with Gasteiger partial charge in [0.15, 0.2) is 0 Å². The van der Waals surface area contributed by atoms with Gasteiger partial charge in [0.2, 0.25) is 0 Å². The Morgan fingerprint density at radius 1 is 0.719 bits per heavy atom. The first-order chi connectivity index (χ1) is 15.6. The van der Waals surface area contributed by atoms with Gasteiger partial charge >= 0.3 is 0 Å². The van der Waals surface area contributed by atoms with E-state index in [9.17, 15) is 0 Å². The van der Waals surface area contributed by atoms with E-state index in [4.69, 9.17) is 4.74 Å². The first-order valence-electron chi connectivity index (χ1n) is 13.4. The average Bonchev–Trinajstić information content (AvgIpc) is 2.80. The van der Waals surface area contributed by atoms with Crippen molar-refractivity contribution in [3.63, 3.8) is 0 Å². The molecule has 0 unspecified atom stereocenters. The summed E-state index contributed by atoms with van der Waals surface area (Å²) in [5.41, 5.74) is 6.82. The van der Waals surface area contributed by atoms with E-state index in [-0.39, 0.29) is 0 Å². The second-order valence-electron chi connectivity index (χ2n) is 10.2. The Balaban J connectivity index is 1.51. The van der Waals surface area contributed by atoms with Gasteiger partial charge in [0.05, 0.1) is 6.61 Å². The normalized spacial score (nSPS) is 18.6. The molecule has 1 aliphatic rings. The van der Waals surface area contributed by atoms with Crippen molar-refractivity contribution in [3.05, 3.63) is 53.1 Å². The highest BCUT2D eigenvalue weighted by Crippen LogP contribution is 2.35. The largest absolute Gasteiger partial charge is 0.493 e. The molecule has 1 aliphatic carbocycles. The van der Waals surface area contributed by atoms with Gasteiger partial charge in [-0.2, -0.15) is 0 Å². The molecule has 0 aromatic heterocycles. The molecule has 1 fully saturated rings. The third kappa shape index (κ3) is 7.39. The van der Waals surface area contributed by atoms with Gasteiger partial charge in [0.1, 0.15) is 5.75 Å². The zero-order valence-corrected chi connectivity index (χ0v) is 21.2. The van der Waals surface area contributed by atoms with Crippen LogP contribution in [0.2, 0.25) is 0 Å². The molecule has 0 bridgehead atoms. The molecule has 2 aromatic rings. The van der Waals surface area contributed by atoms with E-state index in [0.717, 1.165) is 30.6 Å². The summed E-state index contributed by atoms with van der Waals surface area (Å²) >= 11 is 0. The maximum atomic E-state index is 5.93. The molecule has 0 atom stereocenters. The number of ether oxygens (including phenoxy) is 1. The van der Waals surface area contributed by atoms with Crippen molar-refractivity contribution < 1.29 is 4.74 Å². The second kappa shape index (κ2) is 13.1. The molecule has 3 rings (SSSR count). The predicted molar refractivity (Wildman–Crippen MR) is 140 cm³/mol. The number of rotatable bonds is 12. The van der Waals surface area contributed by atoms with Gasteiger partial charge in [-0.3, -0.25) is 0 Å². The smallest absolute Gasteiger partial charge is 0.122 e. The Morgan fingerprint density at radius 3 is 1.97 bits per heavy atom. The Hall–Kier alpha value is -1.76. The van der Waals surface area contributed by atoms with Crippen LogP contribution >= 0.6 is 0 Å². The number of aryl methyl sites for hydroxylation is 3. The summed E-state index contributed by atoms with van der Waals surface area (Å²) in [6, 6.07) is 13.7. The number of hydrogen-bond acceptors (Lipinski definition) is 1. The van der Waals surface area contributed by atoms with Crippen molar-refractivity contribution in [3.8, 4) is 16.9 Å². The fourth-order valence-corrected chi connectivity index (χ4v) is 5.32.